The molecule has 1 N–H and O–H groups in total. The molecular weight excluding hydrogens is 399 g/mol. The summed E-state index contributed by atoms with van der Waals surface area (Å²) in [4.78, 5) is 16.1. The number of nitrogens with one attached hydrogen (secondary N) is 1. The van der Waals surface area contributed by atoms with Crippen LogP contribution in [0.5, 0.6) is 0 Å². The SMILES string of the molecule is O=C(Nc1ccc(Br)c(Cl)c1F)c1ncn(Cc2ccccc2)n1. The first-order valence-corrected chi connectivity index (χ1v) is 8.10. The molecule has 0 saturated carbocycles. The number of carbonyl (C=O) groups is 1. The number of anilines is 1. The van der Waals surface area contributed by atoms with Crippen LogP contribution in [0.2, 0.25) is 5.02 Å². The van der Waals surface area contributed by atoms with E-state index in [0.29, 0.717) is 11.0 Å². The maximum absolute atomic E-state index is 14.0. The molecule has 3 aromatic rings. The van der Waals surface area contributed by atoms with Gasteiger partial charge in [0.05, 0.1) is 17.3 Å². The third-order valence-electron chi connectivity index (χ3n) is 3.21. The lowest BCUT2D eigenvalue weighted by molar-refractivity contribution is 0.101. The summed E-state index contributed by atoms with van der Waals surface area (Å²) in [6.45, 7) is 0.486. The molecule has 8 heteroatoms. The van der Waals surface area contributed by atoms with E-state index in [1.165, 1.54) is 17.1 Å². The van der Waals surface area contributed by atoms with Gasteiger partial charge >= 0.3 is 0 Å². The fraction of sp³-hybridized carbons (Fsp3) is 0.0625. The zero-order chi connectivity index (χ0) is 17.1. The number of halogens is 3. The van der Waals surface area contributed by atoms with Gasteiger partial charge in [-0.15, -0.1) is 5.10 Å². The van der Waals surface area contributed by atoms with E-state index in [0.717, 1.165) is 5.56 Å². The Bertz CT molecular complexity index is 885. The van der Waals surface area contributed by atoms with Crippen molar-refractivity contribution >= 4 is 39.1 Å². The molecule has 0 aliphatic carbocycles. The summed E-state index contributed by atoms with van der Waals surface area (Å²) in [6.07, 6.45) is 1.45. The van der Waals surface area contributed by atoms with Crippen LogP contribution in [0.3, 0.4) is 0 Å². The van der Waals surface area contributed by atoms with E-state index >= 15 is 0 Å². The lowest BCUT2D eigenvalue weighted by atomic mass is 10.2. The van der Waals surface area contributed by atoms with Crippen molar-refractivity contribution in [1.82, 2.24) is 14.8 Å². The fourth-order valence-corrected chi connectivity index (χ4v) is 2.52. The van der Waals surface area contributed by atoms with Gasteiger partial charge in [0, 0.05) is 4.47 Å². The summed E-state index contributed by atoms with van der Waals surface area (Å²) < 4.78 is 16.0. The molecule has 1 amide bonds. The monoisotopic (exact) mass is 408 g/mol. The summed E-state index contributed by atoms with van der Waals surface area (Å²) in [5.41, 5.74) is 0.993. The predicted molar refractivity (Wildman–Crippen MR) is 92.6 cm³/mol. The van der Waals surface area contributed by atoms with Crippen LogP contribution in [0.25, 0.3) is 0 Å². The third-order valence-corrected chi connectivity index (χ3v) is 4.47. The molecule has 24 heavy (non-hydrogen) atoms. The fourth-order valence-electron chi connectivity index (χ4n) is 2.05. The van der Waals surface area contributed by atoms with Crippen LogP contribution in [-0.4, -0.2) is 20.7 Å². The Balaban J connectivity index is 1.73. The van der Waals surface area contributed by atoms with Gasteiger partial charge in [-0.25, -0.2) is 14.1 Å². The molecule has 1 aromatic heterocycles. The first-order chi connectivity index (χ1) is 11.5. The molecule has 2 aromatic carbocycles. The molecule has 0 bridgehead atoms. The van der Waals surface area contributed by atoms with Crippen LogP contribution < -0.4 is 5.32 Å². The number of rotatable bonds is 4. The molecule has 5 nitrogen and oxygen atoms in total. The van der Waals surface area contributed by atoms with E-state index in [-0.39, 0.29) is 16.5 Å². The van der Waals surface area contributed by atoms with Gasteiger partial charge in [0.2, 0.25) is 5.82 Å². The summed E-state index contributed by atoms with van der Waals surface area (Å²) in [5.74, 6) is -1.38. The molecule has 1 heterocycles. The largest absolute Gasteiger partial charge is 0.317 e. The molecule has 0 aliphatic rings. The maximum atomic E-state index is 14.0. The van der Waals surface area contributed by atoms with Crippen LogP contribution in [0.1, 0.15) is 16.2 Å². The van der Waals surface area contributed by atoms with Crippen molar-refractivity contribution in [1.29, 1.82) is 0 Å². The Morgan fingerprint density at radius 2 is 2.00 bits per heavy atom. The van der Waals surface area contributed by atoms with Gasteiger partial charge < -0.3 is 5.32 Å². The number of amides is 1. The van der Waals surface area contributed by atoms with Gasteiger partial charge in [0.15, 0.2) is 5.82 Å². The van der Waals surface area contributed by atoms with Crippen LogP contribution in [-0.2, 0) is 6.54 Å². The zero-order valence-electron chi connectivity index (χ0n) is 12.2. The van der Waals surface area contributed by atoms with E-state index < -0.39 is 11.7 Å². The van der Waals surface area contributed by atoms with Crippen LogP contribution in [0, 0.1) is 5.82 Å². The Kier molecular flexibility index (Phi) is 4.92. The third kappa shape index (κ3) is 3.63. The highest BCUT2D eigenvalue weighted by molar-refractivity contribution is 9.10. The van der Waals surface area contributed by atoms with Crippen molar-refractivity contribution in [2.75, 3.05) is 5.32 Å². The van der Waals surface area contributed by atoms with E-state index in [9.17, 15) is 9.18 Å². The van der Waals surface area contributed by atoms with Crippen molar-refractivity contribution in [3.63, 3.8) is 0 Å². The first kappa shape index (κ1) is 16.6. The molecule has 0 radical (unpaired) electrons. The van der Waals surface area contributed by atoms with Crippen LogP contribution in [0.15, 0.2) is 53.3 Å². The number of nitrogens with zero attached hydrogens (tertiary/aromatic N) is 3. The smallest absolute Gasteiger partial charge is 0.295 e. The summed E-state index contributed by atoms with van der Waals surface area (Å²) >= 11 is 8.91. The number of aromatic nitrogens is 3. The normalized spacial score (nSPS) is 10.6. The van der Waals surface area contributed by atoms with E-state index in [1.807, 2.05) is 30.3 Å². The summed E-state index contributed by atoms with van der Waals surface area (Å²) in [7, 11) is 0. The lowest BCUT2D eigenvalue weighted by Crippen LogP contribution is -2.15. The van der Waals surface area contributed by atoms with E-state index in [2.05, 4.69) is 31.3 Å². The Hall–Kier alpha value is -2.25. The summed E-state index contributed by atoms with van der Waals surface area (Å²) in [5, 5.41) is 6.41. The zero-order valence-corrected chi connectivity index (χ0v) is 14.6. The van der Waals surface area contributed by atoms with Crippen molar-refractivity contribution in [3.05, 3.63) is 75.5 Å². The second kappa shape index (κ2) is 7.11. The van der Waals surface area contributed by atoms with Crippen LogP contribution in [0.4, 0.5) is 10.1 Å². The lowest BCUT2D eigenvalue weighted by Gasteiger charge is -2.06. The van der Waals surface area contributed by atoms with Crippen molar-refractivity contribution in [2.45, 2.75) is 6.54 Å². The second-order valence-electron chi connectivity index (χ2n) is 4.93. The van der Waals surface area contributed by atoms with E-state index in [4.69, 9.17) is 11.6 Å². The minimum absolute atomic E-state index is 0.0346. The molecular formula is C16H11BrClFN4O. The topological polar surface area (TPSA) is 59.8 Å². The Morgan fingerprint density at radius 3 is 2.75 bits per heavy atom. The number of hydrogen-bond acceptors (Lipinski definition) is 3. The standard InChI is InChI=1S/C16H11BrClFN4O/c17-11-6-7-12(14(19)13(11)18)21-16(24)15-20-9-23(22-15)8-10-4-2-1-3-5-10/h1-7,9H,8H2,(H,21,24). The maximum Gasteiger partial charge on any atom is 0.295 e. The average molecular weight is 410 g/mol. The Labute approximate surface area is 150 Å². The van der Waals surface area contributed by atoms with Gasteiger partial charge in [0.1, 0.15) is 6.33 Å². The highest BCUT2D eigenvalue weighted by atomic mass is 79.9. The highest BCUT2D eigenvalue weighted by Crippen LogP contribution is 2.30. The van der Waals surface area contributed by atoms with Crippen molar-refractivity contribution in [3.8, 4) is 0 Å². The highest BCUT2D eigenvalue weighted by Gasteiger charge is 2.16. The number of hydrogen-bond donors (Lipinski definition) is 1. The molecule has 0 saturated heterocycles. The van der Waals surface area contributed by atoms with Gasteiger partial charge in [-0.05, 0) is 33.6 Å². The second-order valence-corrected chi connectivity index (χ2v) is 6.16. The molecule has 0 spiro atoms. The summed E-state index contributed by atoms with van der Waals surface area (Å²) in [6, 6.07) is 12.6. The molecule has 0 unspecified atom stereocenters. The number of carbonyl (C=O) groups excluding carboxylic acids is 1. The number of benzene rings is 2. The molecule has 0 aliphatic heterocycles. The van der Waals surface area contributed by atoms with Gasteiger partial charge in [0.25, 0.3) is 5.91 Å². The minimum Gasteiger partial charge on any atom is -0.317 e. The van der Waals surface area contributed by atoms with Gasteiger partial charge in [-0.3, -0.25) is 4.79 Å². The molecule has 3 rings (SSSR count). The quantitative estimate of drug-likeness (QED) is 0.659. The van der Waals surface area contributed by atoms with Crippen LogP contribution >= 0.6 is 27.5 Å². The van der Waals surface area contributed by atoms with Crippen molar-refractivity contribution in [2.24, 2.45) is 0 Å². The molecule has 0 fully saturated rings. The first-order valence-electron chi connectivity index (χ1n) is 6.93. The predicted octanol–water partition coefficient (Wildman–Crippen LogP) is 4.13. The van der Waals surface area contributed by atoms with E-state index in [1.54, 1.807) is 6.07 Å². The van der Waals surface area contributed by atoms with Crippen molar-refractivity contribution < 1.29 is 9.18 Å². The van der Waals surface area contributed by atoms with Gasteiger partial charge in [-0.2, -0.15) is 0 Å². The molecule has 0 atom stereocenters. The Morgan fingerprint density at radius 1 is 1.25 bits per heavy atom. The minimum atomic E-state index is -0.719. The average Bonchev–Trinajstić information content (AvgIpc) is 3.05. The molecule has 122 valence electrons. The van der Waals surface area contributed by atoms with Gasteiger partial charge in [-0.1, -0.05) is 41.9 Å².